The van der Waals surface area contributed by atoms with Gasteiger partial charge in [0.05, 0.1) is 23.4 Å². The van der Waals surface area contributed by atoms with Crippen LogP contribution in [-0.4, -0.2) is 47.0 Å². The van der Waals surface area contributed by atoms with E-state index in [4.69, 9.17) is 16.0 Å². The second-order valence-corrected chi connectivity index (χ2v) is 5.72. The number of hydrogen-bond acceptors (Lipinski definition) is 4. The summed E-state index contributed by atoms with van der Waals surface area (Å²) < 4.78 is 5.34. The Labute approximate surface area is 133 Å². The van der Waals surface area contributed by atoms with E-state index in [1.54, 1.807) is 11.2 Å². The quantitative estimate of drug-likeness (QED) is 0.944. The maximum absolute atomic E-state index is 12.5. The molecule has 0 unspecified atom stereocenters. The molecule has 1 amide bonds. The van der Waals surface area contributed by atoms with Crippen LogP contribution in [0.25, 0.3) is 0 Å². The SMILES string of the molecule is O=C(c1cc(O)ccc1Cl)N1CCN(Cc2ccco2)CC1. The highest BCUT2D eigenvalue weighted by atomic mass is 35.5. The highest BCUT2D eigenvalue weighted by molar-refractivity contribution is 6.33. The Morgan fingerprint density at radius 3 is 2.68 bits per heavy atom. The van der Waals surface area contributed by atoms with Crippen molar-refractivity contribution in [1.29, 1.82) is 0 Å². The minimum absolute atomic E-state index is 0.0456. The minimum atomic E-state index is -0.140. The molecule has 22 heavy (non-hydrogen) atoms. The standard InChI is InChI=1S/C16H17ClN2O3/c17-15-4-3-12(20)10-14(15)16(21)19-7-5-18(6-8-19)11-13-2-1-9-22-13/h1-4,9-10,20H,5-8,11H2. The topological polar surface area (TPSA) is 56.9 Å². The van der Waals surface area contributed by atoms with Crippen molar-refractivity contribution in [3.8, 4) is 5.75 Å². The molecule has 116 valence electrons. The van der Waals surface area contributed by atoms with E-state index >= 15 is 0 Å². The van der Waals surface area contributed by atoms with Crippen LogP contribution >= 0.6 is 11.6 Å². The third-order valence-corrected chi connectivity index (χ3v) is 4.13. The van der Waals surface area contributed by atoms with E-state index < -0.39 is 0 Å². The van der Waals surface area contributed by atoms with Crippen LogP contribution in [0.2, 0.25) is 5.02 Å². The van der Waals surface area contributed by atoms with E-state index in [9.17, 15) is 9.90 Å². The lowest BCUT2D eigenvalue weighted by Gasteiger charge is -2.34. The first-order valence-electron chi connectivity index (χ1n) is 7.16. The van der Waals surface area contributed by atoms with Crippen LogP contribution < -0.4 is 0 Å². The second kappa shape index (κ2) is 6.42. The molecular weight excluding hydrogens is 304 g/mol. The average molecular weight is 321 g/mol. The first-order chi connectivity index (χ1) is 10.6. The second-order valence-electron chi connectivity index (χ2n) is 5.31. The van der Waals surface area contributed by atoms with E-state index in [0.717, 1.165) is 25.4 Å². The summed E-state index contributed by atoms with van der Waals surface area (Å²) in [6.45, 7) is 3.57. The predicted molar refractivity (Wildman–Crippen MR) is 83.0 cm³/mol. The fourth-order valence-electron chi connectivity index (χ4n) is 2.58. The fourth-order valence-corrected chi connectivity index (χ4v) is 2.78. The van der Waals surface area contributed by atoms with Crippen LogP contribution in [0, 0.1) is 0 Å². The van der Waals surface area contributed by atoms with Crippen LogP contribution in [0.1, 0.15) is 16.1 Å². The third kappa shape index (κ3) is 3.26. The molecule has 0 atom stereocenters. The molecule has 1 fully saturated rings. The van der Waals surface area contributed by atoms with Crippen molar-refractivity contribution in [3.05, 3.63) is 52.9 Å². The molecule has 1 aliphatic rings. The zero-order valence-electron chi connectivity index (χ0n) is 12.0. The first kappa shape index (κ1) is 14.9. The summed E-state index contributed by atoms with van der Waals surface area (Å²) in [5, 5.41) is 9.88. The van der Waals surface area contributed by atoms with Gasteiger partial charge in [-0.1, -0.05) is 11.6 Å². The average Bonchev–Trinajstić information content (AvgIpc) is 3.03. The number of phenols is 1. The van der Waals surface area contributed by atoms with Crippen LogP contribution in [0.5, 0.6) is 5.75 Å². The number of phenolic OH excluding ortho intramolecular Hbond substituents is 1. The number of carbonyl (C=O) groups is 1. The van der Waals surface area contributed by atoms with Crippen LogP contribution in [0.4, 0.5) is 0 Å². The number of rotatable bonds is 3. The number of nitrogens with zero attached hydrogens (tertiary/aromatic N) is 2. The Balaban J connectivity index is 1.61. The maximum Gasteiger partial charge on any atom is 0.255 e. The number of piperazine rings is 1. The summed E-state index contributed by atoms with van der Waals surface area (Å²) in [5.74, 6) is 0.832. The van der Waals surface area contributed by atoms with Gasteiger partial charge in [-0.05, 0) is 30.3 Å². The van der Waals surface area contributed by atoms with Crippen molar-refractivity contribution in [2.45, 2.75) is 6.54 Å². The van der Waals surface area contributed by atoms with E-state index in [0.29, 0.717) is 23.7 Å². The van der Waals surface area contributed by atoms with E-state index in [1.165, 1.54) is 18.2 Å². The lowest BCUT2D eigenvalue weighted by molar-refractivity contribution is 0.0620. The van der Waals surface area contributed by atoms with Crippen molar-refractivity contribution >= 4 is 17.5 Å². The number of benzene rings is 1. The van der Waals surface area contributed by atoms with Crippen LogP contribution in [0.3, 0.4) is 0 Å². The molecule has 0 aliphatic carbocycles. The lowest BCUT2D eigenvalue weighted by atomic mass is 10.1. The van der Waals surface area contributed by atoms with E-state index in [-0.39, 0.29) is 11.7 Å². The first-order valence-corrected chi connectivity index (χ1v) is 7.54. The molecule has 1 saturated heterocycles. The molecular formula is C16H17ClN2O3. The number of carbonyl (C=O) groups excluding carboxylic acids is 1. The molecule has 3 rings (SSSR count). The van der Waals surface area contributed by atoms with Crippen molar-refractivity contribution in [1.82, 2.24) is 9.80 Å². The van der Waals surface area contributed by atoms with Gasteiger partial charge in [-0.25, -0.2) is 0 Å². The largest absolute Gasteiger partial charge is 0.508 e. The Morgan fingerprint density at radius 2 is 2.00 bits per heavy atom. The molecule has 2 aromatic rings. The van der Waals surface area contributed by atoms with Gasteiger partial charge in [0, 0.05) is 26.2 Å². The number of aromatic hydroxyl groups is 1. The van der Waals surface area contributed by atoms with E-state index in [2.05, 4.69) is 4.90 Å². The lowest BCUT2D eigenvalue weighted by Crippen LogP contribution is -2.48. The molecule has 1 aromatic carbocycles. The van der Waals surface area contributed by atoms with Crippen molar-refractivity contribution in [3.63, 3.8) is 0 Å². The summed E-state index contributed by atoms with van der Waals surface area (Å²) in [7, 11) is 0. The Hall–Kier alpha value is -1.98. The molecule has 1 aromatic heterocycles. The summed E-state index contributed by atoms with van der Waals surface area (Å²) in [6, 6.07) is 8.25. The molecule has 0 spiro atoms. The number of amides is 1. The van der Waals surface area contributed by atoms with Crippen molar-refractivity contribution < 1.29 is 14.3 Å². The van der Waals surface area contributed by atoms with Crippen molar-refractivity contribution in [2.24, 2.45) is 0 Å². The van der Waals surface area contributed by atoms with Gasteiger partial charge in [-0.15, -0.1) is 0 Å². The number of hydrogen-bond donors (Lipinski definition) is 1. The van der Waals surface area contributed by atoms with Crippen LogP contribution in [-0.2, 0) is 6.54 Å². The highest BCUT2D eigenvalue weighted by Gasteiger charge is 2.24. The molecule has 1 aliphatic heterocycles. The van der Waals surface area contributed by atoms with Gasteiger partial charge in [0.1, 0.15) is 11.5 Å². The minimum Gasteiger partial charge on any atom is -0.508 e. The van der Waals surface area contributed by atoms with Gasteiger partial charge in [0.15, 0.2) is 0 Å². The van der Waals surface area contributed by atoms with Crippen LogP contribution in [0.15, 0.2) is 41.0 Å². The highest BCUT2D eigenvalue weighted by Crippen LogP contribution is 2.23. The Bertz CT molecular complexity index is 649. The molecule has 0 saturated carbocycles. The molecule has 2 heterocycles. The smallest absolute Gasteiger partial charge is 0.255 e. The molecule has 0 radical (unpaired) electrons. The van der Waals surface area contributed by atoms with Crippen molar-refractivity contribution in [2.75, 3.05) is 26.2 Å². The fraction of sp³-hybridized carbons (Fsp3) is 0.312. The van der Waals surface area contributed by atoms with Gasteiger partial charge in [-0.2, -0.15) is 0 Å². The zero-order valence-corrected chi connectivity index (χ0v) is 12.8. The van der Waals surface area contributed by atoms with Gasteiger partial charge in [-0.3, -0.25) is 9.69 Å². The van der Waals surface area contributed by atoms with E-state index in [1.807, 2.05) is 12.1 Å². The van der Waals surface area contributed by atoms with Gasteiger partial charge < -0.3 is 14.4 Å². The monoisotopic (exact) mass is 320 g/mol. The van der Waals surface area contributed by atoms with Gasteiger partial charge >= 0.3 is 0 Å². The van der Waals surface area contributed by atoms with Gasteiger partial charge in [0.25, 0.3) is 5.91 Å². The molecule has 5 nitrogen and oxygen atoms in total. The molecule has 0 bridgehead atoms. The third-order valence-electron chi connectivity index (χ3n) is 3.80. The zero-order chi connectivity index (χ0) is 15.5. The Kier molecular flexibility index (Phi) is 4.36. The predicted octanol–water partition coefficient (Wildman–Crippen LogP) is 2.60. The summed E-state index contributed by atoms with van der Waals surface area (Å²) in [5.41, 5.74) is 0.348. The summed E-state index contributed by atoms with van der Waals surface area (Å²) in [6.07, 6.45) is 1.67. The molecule has 1 N–H and O–H groups in total. The number of furan rings is 1. The number of halogens is 1. The normalized spacial score (nSPS) is 16.0. The summed E-state index contributed by atoms with van der Waals surface area (Å²) in [4.78, 5) is 16.5. The Morgan fingerprint density at radius 1 is 1.23 bits per heavy atom. The molecule has 6 heteroatoms. The summed E-state index contributed by atoms with van der Waals surface area (Å²) >= 11 is 6.05. The van der Waals surface area contributed by atoms with Gasteiger partial charge in [0.2, 0.25) is 0 Å². The maximum atomic E-state index is 12.5.